The van der Waals surface area contributed by atoms with E-state index in [0.717, 1.165) is 29.1 Å². The lowest BCUT2D eigenvalue weighted by atomic mass is 9.79. The van der Waals surface area contributed by atoms with E-state index in [1.54, 1.807) is 12.4 Å². The summed E-state index contributed by atoms with van der Waals surface area (Å²) in [5, 5.41) is 6.51. The van der Waals surface area contributed by atoms with Crippen LogP contribution in [0.15, 0.2) is 67.0 Å². The van der Waals surface area contributed by atoms with Crippen LogP contribution in [0.25, 0.3) is 0 Å². The van der Waals surface area contributed by atoms with Crippen LogP contribution in [-0.4, -0.2) is 15.9 Å². The van der Waals surface area contributed by atoms with E-state index in [1.807, 2.05) is 54.6 Å². The van der Waals surface area contributed by atoms with Gasteiger partial charge in [-0.15, -0.1) is 0 Å². The number of hydrogen-bond acceptors (Lipinski definition) is 5. The van der Waals surface area contributed by atoms with Crippen molar-refractivity contribution in [2.24, 2.45) is 11.7 Å². The van der Waals surface area contributed by atoms with Crippen molar-refractivity contribution in [3.05, 3.63) is 89.5 Å². The average molecular weight is 387 g/mol. The van der Waals surface area contributed by atoms with Crippen molar-refractivity contribution in [3.8, 4) is 0 Å². The molecule has 4 N–H and O–H groups in total. The minimum atomic E-state index is -0.174. The van der Waals surface area contributed by atoms with E-state index in [9.17, 15) is 4.79 Å². The van der Waals surface area contributed by atoms with Crippen molar-refractivity contribution in [1.29, 1.82) is 0 Å². The highest BCUT2D eigenvalue weighted by Gasteiger charge is 2.35. The van der Waals surface area contributed by atoms with Crippen LogP contribution in [0, 0.1) is 5.92 Å². The monoisotopic (exact) mass is 387 g/mol. The Kier molecular flexibility index (Phi) is 5.53. The fourth-order valence-electron chi connectivity index (χ4n) is 3.94. The zero-order chi connectivity index (χ0) is 20.2. The lowest BCUT2D eigenvalue weighted by molar-refractivity contribution is 0.0950. The predicted molar refractivity (Wildman–Crippen MR) is 113 cm³/mol. The number of anilines is 1. The van der Waals surface area contributed by atoms with Gasteiger partial charge < -0.3 is 16.4 Å². The van der Waals surface area contributed by atoms with Gasteiger partial charge in [0, 0.05) is 35.6 Å². The summed E-state index contributed by atoms with van der Waals surface area (Å²) < 4.78 is 0. The largest absolute Gasteiger partial charge is 0.376 e. The van der Waals surface area contributed by atoms with Gasteiger partial charge in [0.05, 0.1) is 24.0 Å². The topological polar surface area (TPSA) is 92.9 Å². The van der Waals surface area contributed by atoms with Crippen LogP contribution in [0.4, 0.5) is 5.69 Å². The number of amides is 1. The van der Waals surface area contributed by atoms with Crippen LogP contribution in [-0.2, 0) is 6.54 Å². The number of fused-ring (bicyclic) bond motifs is 1. The summed E-state index contributed by atoms with van der Waals surface area (Å²) >= 11 is 0. The third kappa shape index (κ3) is 3.98. The Labute approximate surface area is 170 Å². The molecule has 1 aliphatic rings. The smallest absolute Gasteiger partial charge is 0.251 e. The highest BCUT2D eigenvalue weighted by molar-refractivity contribution is 5.95. The minimum absolute atomic E-state index is 0.0486. The molecule has 1 unspecified atom stereocenters. The number of nitrogens with one attached hydrogen (secondary N) is 2. The third-order valence-corrected chi connectivity index (χ3v) is 5.51. The molecule has 6 nitrogen and oxygen atoms in total. The quantitative estimate of drug-likeness (QED) is 0.622. The van der Waals surface area contributed by atoms with Gasteiger partial charge in [-0.25, -0.2) is 0 Å². The summed E-state index contributed by atoms with van der Waals surface area (Å²) in [7, 11) is 0. The van der Waals surface area contributed by atoms with Crippen molar-refractivity contribution in [2.75, 3.05) is 5.32 Å². The Morgan fingerprint density at radius 1 is 1.10 bits per heavy atom. The van der Waals surface area contributed by atoms with E-state index < -0.39 is 0 Å². The third-order valence-electron chi connectivity index (χ3n) is 5.51. The summed E-state index contributed by atoms with van der Waals surface area (Å²) in [6.07, 6.45) is 4.43. The number of carbonyl (C=O) groups is 1. The molecule has 3 atom stereocenters. The van der Waals surface area contributed by atoms with Gasteiger partial charge in [0.2, 0.25) is 0 Å². The molecule has 1 amide bonds. The number of carbonyl (C=O) groups excluding carboxylic acids is 1. The van der Waals surface area contributed by atoms with E-state index in [1.165, 1.54) is 0 Å². The van der Waals surface area contributed by atoms with Crippen molar-refractivity contribution < 1.29 is 4.79 Å². The molecule has 4 rings (SSSR count). The van der Waals surface area contributed by atoms with Crippen LogP contribution in [0.1, 0.15) is 52.7 Å². The molecule has 6 heteroatoms. The summed E-state index contributed by atoms with van der Waals surface area (Å²) in [6, 6.07) is 17.1. The maximum absolute atomic E-state index is 12.6. The molecule has 148 valence electrons. The van der Waals surface area contributed by atoms with Crippen LogP contribution in [0.3, 0.4) is 0 Å². The zero-order valence-electron chi connectivity index (χ0n) is 16.4. The average Bonchev–Trinajstić information content (AvgIpc) is 2.78. The number of nitrogens with zero attached hydrogens (tertiary/aromatic N) is 2. The van der Waals surface area contributed by atoms with Crippen molar-refractivity contribution >= 4 is 11.6 Å². The second-order valence-corrected chi connectivity index (χ2v) is 7.28. The van der Waals surface area contributed by atoms with Crippen LogP contribution >= 0.6 is 0 Å². The number of hydrogen-bond donors (Lipinski definition) is 3. The first-order chi connectivity index (χ1) is 14.2. The highest BCUT2D eigenvalue weighted by Crippen LogP contribution is 2.43. The Morgan fingerprint density at radius 2 is 1.90 bits per heavy atom. The molecule has 0 saturated carbocycles. The molecule has 1 aromatic carbocycles. The fourth-order valence-corrected chi connectivity index (χ4v) is 3.94. The first-order valence-electron chi connectivity index (χ1n) is 9.92. The highest BCUT2D eigenvalue weighted by atomic mass is 16.1. The van der Waals surface area contributed by atoms with Crippen LogP contribution in [0.5, 0.6) is 0 Å². The normalized spacial score (nSPS) is 20.4. The van der Waals surface area contributed by atoms with Gasteiger partial charge in [-0.05, 0) is 54.4 Å². The Morgan fingerprint density at radius 3 is 2.59 bits per heavy atom. The van der Waals surface area contributed by atoms with Crippen molar-refractivity contribution in [2.45, 2.75) is 32.0 Å². The van der Waals surface area contributed by atoms with Gasteiger partial charge in [-0.1, -0.05) is 19.1 Å². The Balaban J connectivity index is 1.55. The lowest BCUT2D eigenvalue weighted by Crippen LogP contribution is -2.36. The van der Waals surface area contributed by atoms with E-state index >= 15 is 0 Å². The maximum atomic E-state index is 12.6. The molecule has 3 aromatic rings. The molecule has 1 aliphatic heterocycles. The number of pyridine rings is 2. The molecule has 0 radical (unpaired) electrons. The number of rotatable bonds is 5. The summed E-state index contributed by atoms with van der Waals surface area (Å²) in [5.74, 6) is 0.0507. The second kappa shape index (κ2) is 8.41. The van der Waals surface area contributed by atoms with Gasteiger partial charge in [0.15, 0.2) is 0 Å². The van der Waals surface area contributed by atoms with E-state index in [2.05, 4.69) is 27.5 Å². The van der Waals surface area contributed by atoms with Gasteiger partial charge >= 0.3 is 0 Å². The molecule has 2 aromatic heterocycles. The lowest BCUT2D eigenvalue weighted by Gasteiger charge is -2.38. The second-order valence-electron chi connectivity index (χ2n) is 7.28. The molecular formula is C23H25N5O. The summed E-state index contributed by atoms with van der Waals surface area (Å²) in [4.78, 5) is 21.4. The fraction of sp³-hybridized carbons (Fsp3) is 0.261. The van der Waals surface area contributed by atoms with Gasteiger partial charge in [0.25, 0.3) is 5.91 Å². The first kappa shape index (κ1) is 19.1. The SMILES string of the molecule is CC[C@H]1C(c2ccccn2)Nc2ccc(C(=O)NCc3ccccn3)cc2[C@H]1N. The van der Waals surface area contributed by atoms with Gasteiger partial charge in [-0.3, -0.25) is 14.8 Å². The van der Waals surface area contributed by atoms with Crippen molar-refractivity contribution in [3.63, 3.8) is 0 Å². The van der Waals surface area contributed by atoms with Gasteiger partial charge in [0.1, 0.15) is 0 Å². The van der Waals surface area contributed by atoms with E-state index in [-0.39, 0.29) is 23.9 Å². The first-order valence-corrected chi connectivity index (χ1v) is 9.92. The van der Waals surface area contributed by atoms with Crippen molar-refractivity contribution in [1.82, 2.24) is 15.3 Å². The zero-order valence-corrected chi connectivity index (χ0v) is 16.4. The molecule has 0 aliphatic carbocycles. The maximum Gasteiger partial charge on any atom is 0.251 e. The standard InChI is InChI=1S/C23H25N5O/c1-2-17-21(24)18-13-15(23(29)27-14-16-7-3-5-11-25-16)9-10-19(18)28-22(17)20-8-4-6-12-26-20/h3-13,17,21-22,28H,2,14,24H2,1H3,(H,27,29)/t17-,21+,22?/m1/s1. The number of benzene rings is 1. The molecule has 0 fully saturated rings. The Bertz CT molecular complexity index is 977. The van der Waals surface area contributed by atoms with Crippen LogP contribution in [0.2, 0.25) is 0 Å². The molecule has 0 bridgehead atoms. The Hall–Kier alpha value is -3.25. The molecule has 3 heterocycles. The van der Waals surface area contributed by atoms with E-state index in [4.69, 9.17) is 5.73 Å². The molecule has 0 saturated heterocycles. The van der Waals surface area contributed by atoms with Crippen LogP contribution < -0.4 is 16.4 Å². The number of aromatic nitrogens is 2. The van der Waals surface area contributed by atoms with E-state index in [0.29, 0.717) is 12.1 Å². The molecular weight excluding hydrogens is 362 g/mol. The molecule has 0 spiro atoms. The minimum Gasteiger partial charge on any atom is -0.376 e. The van der Waals surface area contributed by atoms with Gasteiger partial charge in [-0.2, -0.15) is 0 Å². The molecule has 29 heavy (non-hydrogen) atoms. The number of nitrogens with two attached hydrogens (primary N) is 1. The predicted octanol–water partition coefficient (Wildman–Crippen LogP) is 3.60. The summed E-state index contributed by atoms with van der Waals surface area (Å²) in [5.41, 5.74) is 11.0. The summed E-state index contributed by atoms with van der Waals surface area (Å²) in [6.45, 7) is 2.52.